The molecular formula is C30H27ClN6S. The van der Waals surface area contributed by atoms with Crippen LogP contribution in [-0.2, 0) is 0 Å². The molecule has 38 heavy (non-hydrogen) atoms. The monoisotopic (exact) mass is 538 g/mol. The number of hydrogen-bond acceptors (Lipinski definition) is 5. The first kappa shape index (κ1) is 24.4. The number of thiophene rings is 1. The Morgan fingerprint density at radius 2 is 2.05 bits per heavy atom. The molecule has 8 heteroatoms. The zero-order valence-corrected chi connectivity index (χ0v) is 22.6. The first-order chi connectivity index (χ1) is 18.5. The van der Waals surface area contributed by atoms with Gasteiger partial charge >= 0.3 is 0 Å². The van der Waals surface area contributed by atoms with E-state index in [0.29, 0.717) is 5.92 Å². The van der Waals surface area contributed by atoms with Crippen LogP contribution in [0.3, 0.4) is 0 Å². The minimum absolute atomic E-state index is 0.541. The summed E-state index contributed by atoms with van der Waals surface area (Å²) < 4.78 is 0.749. The molecule has 6 nitrogen and oxygen atoms in total. The molecule has 0 saturated heterocycles. The van der Waals surface area contributed by atoms with E-state index in [9.17, 15) is 0 Å². The van der Waals surface area contributed by atoms with Gasteiger partial charge in [0.25, 0.3) is 0 Å². The third kappa shape index (κ3) is 4.48. The van der Waals surface area contributed by atoms with Gasteiger partial charge in [-0.2, -0.15) is 5.10 Å². The maximum Gasteiger partial charge on any atom is 0.135 e. The van der Waals surface area contributed by atoms with Gasteiger partial charge in [-0.15, -0.1) is 11.3 Å². The van der Waals surface area contributed by atoms with Crippen LogP contribution in [0.4, 0.5) is 0 Å². The number of rotatable bonds is 8. The molecule has 5 aromatic rings. The van der Waals surface area contributed by atoms with Crippen LogP contribution in [0.2, 0.25) is 4.34 Å². The van der Waals surface area contributed by atoms with Crippen molar-refractivity contribution in [2.24, 2.45) is 5.92 Å². The average Bonchev–Trinajstić information content (AvgIpc) is 3.62. The van der Waals surface area contributed by atoms with E-state index in [4.69, 9.17) is 16.6 Å². The lowest BCUT2D eigenvalue weighted by Crippen LogP contribution is -2.23. The summed E-state index contributed by atoms with van der Waals surface area (Å²) in [6.45, 7) is 10.2. The van der Waals surface area contributed by atoms with Crippen molar-refractivity contribution in [3.63, 3.8) is 0 Å². The molecule has 5 aromatic heterocycles. The number of halogens is 1. The molecule has 0 atom stereocenters. The van der Waals surface area contributed by atoms with Gasteiger partial charge in [-0.1, -0.05) is 37.3 Å². The fourth-order valence-corrected chi connectivity index (χ4v) is 5.81. The van der Waals surface area contributed by atoms with E-state index < -0.39 is 0 Å². The fraction of sp³-hybridized carbons (Fsp3) is 0.167. The second-order valence-electron chi connectivity index (χ2n) is 9.43. The lowest BCUT2D eigenvalue weighted by atomic mass is 9.83. The molecule has 1 fully saturated rings. The van der Waals surface area contributed by atoms with Crippen molar-refractivity contribution in [3.05, 3.63) is 95.5 Å². The van der Waals surface area contributed by atoms with Gasteiger partial charge < -0.3 is 10.3 Å². The molecule has 6 rings (SSSR count). The number of aromatic amines is 2. The maximum atomic E-state index is 6.20. The van der Waals surface area contributed by atoms with Crippen LogP contribution in [0.15, 0.2) is 85.5 Å². The Balaban J connectivity index is 1.37. The number of aromatic nitrogens is 5. The summed E-state index contributed by atoms with van der Waals surface area (Å²) >= 11 is 7.74. The second kappa shape index (κ2) is 10.1. The Hall–Kier alpha value is -3.94. The summed E-state index contributed by atoms with van der Waals surface area (Å²) in [5.41, 5.74) is 9.05. The summed E-state index contributed by atoms with van der Waals surface area (Å²) in [6, 6.07) is 10.1. The molecule has 0 amide bonds. The second-order valence-corrected chi connectivity index (χ2v) is 11.1. The molecule has 5 heterocycles. The first-order valence-electron chi connectivity index (χ1n) is 12.6. The molecular weight excluding hydrogens is 512 g/mol. The Labute approximate surface area is 229 Å². The van der Waals surface area contributed by atoms with Gasteiger partial charge in [-0.3, -0.25) is 10.1 Å². The highest BCUT2D eigenvalue weighted by molar-refractivity contribution is 7.19. The molecule has 1 aliphatic carbocycles. The average molecular weight is 539 g/mol. The third-order valence-electron chi connectivity index (χ3n) is 7.09. The largest absolute Gasteiger partial charge is 0.359 e. The SMILES string of the molecule is C=C/C(=C\C(=C/C)c1ccc2[nH]nc(-c3cc4c(-c5ccc(Cl)s5)cncc4[nH]3)c2n1)NC(=C)C1CCC1. The molecule has 0 aliphatic heterocycles. The number of pyridine rings is 2. The highest BCUT2D eigenvalue weighted by Crippen LogP contribution is 2.37. The lowest BCUT2D eigenvalue weighted by Gasteiger charge is -2.28. The van der Waals surface area contributed by atoms with Crippen molar-refractivity contribution >= 4 is 50.4 Å². The molecule has 1 saturated carbocycles. The lowest BCUT2D eigenvalue weighted by molar-refractivity contribution is 0.356. The topological polar surface area (TPSA) is 82.3 Å². The summed E-state index contributed by atoms with van der Waals surface area (Å²) in [5, 5.41) is 12.3. The van der Waals surface area contributed by atoms with Crippen LogP contribution in [0, 0.1) is 5.92 Å². The summed E-state index contributed by atoms with van der Waals surface area (Å²) in [7, 11) is 0. The van der Waals surface area contributed by atoms with E-state index >= 15 is 0 Å². The smallest absolute Gasteiger partial charge is 0.135 e. The van der Waals surface area contributed by atoms with Crippen molar-refractivity contribution in [1.29, 1.82) is 0 Å². The van der Waals surface area contributed by atoms with Crippen LogP contribution in [-0.4, -0.2) is 25.1 Å². The summed E-state index contributed by atoms with van der Waals surface area (Å²) in [4.78, 5) is 14.0. The Kier molecular flexibility index (Phi) is 6.47. The molecule has 0 radical (unpaired) electrons. The van der Waals surface area contributed by atoms with E-state index in [0.717, 1.165) is 70.8 Å². The number of hydrogen-bond donors (Lipinski definition) is 3. The number of nitrogens with zero attached hydrogens (tertiary/aromatic N) is 3. The first-order valence-corrected chi connectivity index (χ1v) is 13.8. The van der Waals surface area contributed by atoms with E-state index in [1.165, 1.54) is 30.6 Å². The van der Waals surface area contributed by atoms with E-state index in [1.54, 1.807) is 0 Å². The zero-order chi connectivity index (χ0) is 26.2. The van der Waals surface area contributed by atoms with Gasteiger partial charge in [0.1, 0.15) is 11.2 Å². The molecule has 190 valence electrons. The standard InChI is InChI=1S/C30H27ClN6S/c1-4-18(13-20(5-2)33-17(3)19-7-6-8-19)23-9-10-24-29(35-23)30(37-36-24)25-14-21-22(15-32-16-26(21)34-25)27-11-12-28(31)38-27/h4-5,9-16,19,33-34H,2-3,6-8H2,1H3,(H,36,37)/b18-4+,20-13+. The molecule has 0 spiro atoms. The fourth-order valence-electron chi connectivity index (χ4n) is 4.74. The number of fused-ring (bicyclic) bond motifs is 2. The van der Waals surface area contributed by atoms with Crippen molar-refractivity contribution in [2.75, 3.05) is 0 Å². The van der Waals surface area contributed by atoms with Crippen molar-refractivity contribution in [2.45, 2.75) is 26.2 Å². The third-order valence-corrected chi connectivity index (χ3v) is 8.35. The molecule has 0 unspecified atom stereocenters. The Morgan fingerprint density at radius 1 is 1.18 bits per heavy atom. The van der Waals surface area contributed by atoms with Crippen LogP contribution >= 0.6 is 22.9 Å². The van der Waals surface area contributed by atoms with Gasteiger partial charge in [0.15, 0.2) is 0 Å². The van der Waals surface area contributed by atoms with E-state index in [-0.39, 0.29) is 0 Å². The minimum Gasteiger partial charge on any atom is -0.359 e. The summed E-state index contributed by atoms with van der Waals surface area (Å²) in [5.74, 6) is 0.541. The number of allylic oxidation sites excluding steroid dienone is 5. The minimum atomic E-state index is 0.541. The van der Waals surface area contributed by atoms with Crippen LogP contribution < -0.4 is 5.32 Å². The Bertz CT molecular complexity index is 1750. The predicted molar refractivity (Wildman–Crippen MR) is 159 cm³/mol. The zero-order valence-electron chi connectivity index (χ0n) is 21.0. The van der Waals surface area contributed by atoms with Crippen molar-refractivity contribution in [3.8, 4) is 21.8 Å². The molecule has 1 aliphatic rings. The van der Waals surface area contributed by atoms with Gasteiger partial charge in [-0.25, -0.2) is 4.98 Å². The van der Waals surface area contributed by atoms with Gasteiger partial charge in [0.05, 0.1) is 33.0 Å². The number of nitrogens with one attached hydrogen (secondary N) is 3. The summed E-state index contributed by atoms with van der Waals surface area (Å²) in [6.07, 6.45) is 13.3. The molecule has 0 aromatic carbocycles. The maximum absolute atomic E-state index is 6.20. The predicted octanol–water partition coefficient (Wildman–Crippen LogP) is 8.26. The van der Waals surface area contributed by atoms with E-state index in [2.05, 4.69) is 56.9 Å². The van der Waals surface area contributed by atoms with Crippen molar-refractivity contribution in [1.82, 2.24) is 30.5 Å². The van der Waals surface area contributed by atoms with Gasteiger partial charge in [0.2, 0.25) is 0 Å². The normalized spacial score (nSPS) is 14.7. The molecule has 3 N–H and O–H groups in total. The highest BCUT2D eigenvalue weighted by atomic mass is 35.5. The highest BCUT2D eigenvalue weighted by Gasteiger charge is 2.21. The van der Waals surface area contributed by atoms with Gasteiger partial charge in [0, 0.05) is 33.4 Å². The van der Waals surface area contributed by atoms with E-state index in [1.807, 2.05) is 49.7 Å². The van der Waals surface area contributed by atoms with Crippen LogP contribution in [0.1, 0.15) is 31.9 Å². The Morgan fingerprint density at radius 3 is 2.76 bits per heavy atom. The quantitative estimate of drug-likeness (QED) is 0.174. The van der Waals surface area contributed by atoms with Crippen molar-refractivity contribution < 1.29 is 0 Å². The molecule has 0 bridgehead atoms. The van der Waals surface area contributed by atoms with Crippen LogP contribution in [0.5, 0.6) is 0 Å². The van der Waals surface area contributed by atoms with Crippen LogP contribution in [0.25, 0.3) is 49.3 Å². The number of H-pyrrole nitrogens is 2. The van der Waals surface area contributed by atoms with Gasteiger partial charge in [-0.05, 0) is 73.7 Å².